The topological polar surface area (TPSA) is 87.2 Å². The van der Waals surface area contributed by atoms with Gasteiger partial charge in [0.25, 0.3) is 0 Å². The fourth-order valence-corrected chi connectivity index (χ4v) is 6.91. The first-order valence-corrected chi connectivity index (χ1v) is 13.7. The minimum atomic E-state index is -1.00. The van der Waals surface area contributed by atoms with E-state index >= 15 is 0 Å². The Morgan fingerprint density at radius 2 is 2.06 bits per heavy atom. The van der Waals surface area contributed by atoms with Gasteiger partial charge in [0.1, 0.15) is 0 Å². The first-order chi connectivity index (χ1) is 16.4. The zero-order chi connectivity index (χ0) is 24.2. The van der Waals surface area contributed by atoms with Crippen LogP contribution in [-0.2, 0) is 11.2 Å². The maximum atomic E-state index is 12.5. The number of nitrogens with one attached hydrogen (secondary N) is 2. The van der Waals surface area contributed by atoms with Crippen LogP contribution in [0.4, 0.5) is 17.3 Å². The molecule has 3 aromatic rings. The molecule has 2 heterocycles. The average Bonchev–Trinajstić information content (AvgIpc) is 2.99. The van der Waals surface area contributed by atoms with Gasteiger partial charge >= 0.3 is 211 Å². The molecule has 1 aliphatic rings. The Hall–Kier alpha value is -2.89. The second-order valence-electron chi connectivity index (χ2n) is 8.05. The minimum absolute atomic E-state index is 0.119. The zero-order valence-electron chi connectivity index (χ0n) is 19.4. The summed E-state index contributed by atoms with van der Waals surface area (Å²) in [5.41, 5.74) is 4.61. The first kappa shape index (κ1) is 24.2. The van der Waals surface area contributed by atoms with E-state index in [1.165, 1.54) is 5.56 Å². The summed E-state index contributed by atoms with van der Waals surface area (Å²) in [6.45, 7) is 4.62. The van der Waals surface area contributed by atoms with Gasteiger partial charge in [-0.3, -0.25) is 0 Å². The van der Waals surface area contributed by atoms with Gasteiger partial charge in [-0.05, 0) is 0 Å². The molecule has 1 unspecified atom stereocenters. The number of aryl methyl sites for hydroxylation is 2. The SMILES string of the molecule is CCN1C(=O)CCCc2ccc(Nc3ncc(Cl)c([AsH]c4c(C)cccc4C(=O)NC)n3)cc21. The molecule has 34 heavy (non-hydrogen) atoms. The Balaban J connectivity index is 1.64. The van der Waals surface area contributed by atoms with Crippen molar-refractivity contribution in [1.82, 2.24) is 15.3 Å². The Kier molecular flexibility index (Phi) is 7.54. The number of halogens is 1. The molecule has 1 aliphatic heterocycles. The fraction of sp³-hybridized carbons (Fsp3) is 0.280. The number of nitrogens with zero attached hydrogens (tertiary/aromatic N) is 3. The predicted octanol–water partition coefficient (Wildman–Crippen LogP) is 2.62. The molecule has 0 saturated carbocycles. The van der Waals surface area contributed by atoms with E-state index in [9.17, 15) is 9.59 Å². The summed E-state index contributed by atoms with van der Waals surface area (Å²) in [6, 6.07) is 11.7. The first-order valence-electron chi connectivity index (χ1n) is 11.2. The number of benzene rings is 2. The van der Waals surface area contributed by atoms with Crippen LogP contribution in [0, 0.1) is 6.92 Å². The molecule has 7 nitrogen and oxygen atoms in total. The van der Waals surface area contributed by atoms with Crippen LogP contribution in [0.3, 0.4) is 0 Å². The third-order valence-electron chi connectivity index (χ3n) is 5.82. The van der Waals surface area contributed by atoms with Crippen molar-refractivity contribution in [2.24, 2.45) is 0 Å². The molecule has 2 aromatic carbocycles. The molecule has 1 atom stereocenters. The van der Waals surface area contributed by atoms with Gasteiger partial charge in [-0.15, -0.1) is 0 Å². The van der Waals surface area contributed by atoms with E-state index in [1.54, 1.807) is 13.2 Å². The van der Waals surface area contributed by atoms with E-state index in [2.05, 4.69) is 21.7 Å². The molecule has 0 aliphatic carbocycles. The van der Waals surface area contributed by atoms with Crippen molar-refractivity contribution < 1.29 is 9.59 Å². The molecule has 4 rings (SSSR count). The van der Waals surface area contributed by atoms with Crippen LogP contribution in [0.15, 0.2) is 42.6 Å². The molecular formula is C25H27AsClN5O2. The summed E-state index contributed by atoms with van der Waals surface area (Å²) < 4.78 is 1.74. The number of anilines is 3. The predicted molar refractivity (Wildman–Crippen MR) is 139 cm³/mol. The quantitative estimate of drug-likeness (QED) is 0.470. The Labute approximate surface area is 211 Å². The summed E-state index contributed by atoms with van der Waals surface area (Å²) >= 11 is 5.47. The van der Waals surface area contributed by atoms with Crippen molar-refractivity contribution in [3.63, 3.8) is 0 Å². The molecule has 2 amide bonds. The molecule has 0 bridgehead atoms. The fourth-order valence-electron chi connectivity index (χ4n) is 4.07. The van der Waals surface area contributed by atoms with Gasteiger partial charge in [-0.25, -0.2) is 0 Å². The summed E-state index contributed by atoms with van der Waals surface area (Å²) in [5, 5.41) is 6.47. The van der Waals surface area contributed by atoms with Crippen molar-refractivity contribution in [2.75, 3.05) is 23.8 Å². The number of fused-ring (bicyclic) bond motifs is 1. The summed E-state index contributed by atoms with van der Waals surface area (Å²) in [6.07, 6.45) is 3.91. The number of carbonyl (C=O) groups is 2. The van der Waals surface area contributed by atoms with Crippen molar-refractivity contribution in [2.45, 2.75) is 33.1 Å². The molecule has 9 heteroatoms. The van der Waals surface area contributed by atoms with E-state index in [-0.39, 0.29) is 11.8 Å². The van der Waals surface area contributed by atoms with Gasteiger partial charge in [-0.2, -0.15) is 0 Å². The third-order valence-corrected chi connectivity index (χ3v) is 9.64. The molecule has 0 saturated heterocycles. The van der Waals surface area contributed by atoms with Gasteiger partial charge in [0.15, 0.2) is 0 Å². The number of carbonyl (C=O) groups excluding carboxylic acids is 2. The molecule has 0 fully saturated rings. The molecule has 0 radical (unpaired) electrons. The van der Waals surface area contributed by atoms with E-state index in [0.717, 1.165) is 38.6 Å². The molecule has 2 N–H and O–H groups in total. The normalized spacial score (nSPS) is 13.6. The van der Waals surface area contributed by atoms with Gasteiger partial charge < -0.3 is 0 Å². The maximum absolute atomic E-state index is 12.5. The summed E-state index contributed by atoms with van der Waals surface area (Å²) in [7, 11) is 1.63. The standard InChI is InChI=1S/C25H27AsClN5O2/c1-4-32-20-13-17(12-11-16(20)8-6-10-21(32)33)30-25-29-14-19(27)23(31-25)26-22-15(2)7-5-9-18(22)24(34)28-3/h5,7,9,11-14,26H,4,6,8,10H2,1-3H3,(H,28,34)(H,29,30,31). The van der Waals surface area contributed by atoms with Crippen molar-refractivity contribution in [3.05, 3.63) is 64.3 Å². The van der Waals surface area contributed by atoms with E-state index in [4.69, 9.17) is 16.6 Å². The number of hydrogen-bond donors (Lipinski definition) is 2. The van der Waals surface area contributed by atoms with Gasteiger partial charge in [-0.1, -0.05) is 0 Å². The van der Waals surface area contributed by atoms with Crippen LogP contribution in [0.25, 0.3) is 0 Å². The van der Waals surface area contributed by atoms with Crippen molar-refractivity contribution >= 4 is 65.3 Å². The second kappa shape index (κ2) is 10.6. The monoisotopic (exact) mass is 539 g/mol. The molecule has 176 valence electrons. The average molecular weight is 540 g/mol. The second-order valence-corrected chi connectivity index (χ2v) is 11.0. The molecular weight excluding hydrogens is 513 g/mol. The number of aromatic nitrogens is 2. The van der Waals surface area contributed by atoms with Crippen LogP contribution in [0.5, 0.6) is 0 Å². The Morgan fingerprint density at radius 1 is 1.24 bits per heavy atom. The van der Waals surface area contributed by atoms with E-state index in [0.29, 0.717) is 29.5 Å². The van der Waals surface area contributed by atoms with Crippen molar-refractivity contribution in [1.29, 1.82) is 0 Å². The summed E-state index contributed by atoms with van der Waals surface area (Å²) in [5.74, 6) is 0.464. The van der Waals surface area contributed by atoms with Gasteiger partial charge in [0, 0.05) is 0 Å². The van der Waals surface area contributed by atoms with Crippen LogP contribution < -0.4 is 24.4 Å². The Morgan fingerprint density at radius 3 is 2.82 bits per heavy atom. The van der Waals surface area contributed by atoms with Crippen LogP contribution in [0.1, 0.15) is 41.3 Å². The van der Waals surface area contributed by atoms with Crippen molar-refractivity contribution in [3.8, 4) is 0 Å². The molecule has 1 aromatic heterocycles. The number of hydrogen-bond acceptors (Lipinski definition) is 5. The van der Waals surface area contributed by atoms with E-state index < -0.39 is 15.8 Å². The summed E-state index contributed by atoms with van der Waals surface area (Å²) in [4.78, 5) is 35.8. The Bertz CT molecular complexity index is 1250. The number of rotatable bonds is 6. The van der Waals surface area contributed by atoms with Crippen LogP contribution in [0.2, 0.25) is 5.02 Å². The van der Waals surface area contributed by atoms with Crippen LogP contribution >= 0.6 is 11.6 Å². The number of amides is 2. The van der Waals surface area contributed by atoms with E-state index in [1.807, 2.05) is 49.1 Å². The molecule has 0 spiro atoms. The van der Waals surface area contributed by atoms with Gasteiger partial charge in [0.2, 0.25) is 0 Å². The third kappa shape index (κ3) is 5.11. The van der Waals surface area contributed by atoms with Crippen LogP contribution in [-0.4, -0.2) is 51.1 Å². The zero-order valence-corrected chi connectivity index (χ0v) is 22.3. The van der Waals surface area contributed by atoms with Gasteiger partial charge in [0.05, 0.1) is 0 Å².